The van der Waals surface area contributed by atoms with Crippen LogP contribution in [0.1, 0.15) is 10.4 Å². The van der Waals surface area contributed by atoms with Gasteiger partial charge in [0.1, 0.15) is 5.56 Å². The van der Waals surface area contributed by atoms with E-state index in [2.05, 4.69) is 14.5 Å². The first-order chi connectivity index (χ1) is 8.65. The third-order valence-electron chi connectivity index (χ3n) is 1.76. The fourth-order valence-electron chi connectivity index (χ4n) is 1.15. The number of hydrogen-bond donors (Lipinski definition) is 1. The molecule has 1 heterocycles. The second-order valence-corrected chi connectivity index (χ2v) is 2.97. The van der Waals surface area contributed by atoms with E-state index < -0.39 is 40.3 Å². The summed E-state index contributed by atoms with van der Waals surface area (Å²) in [4.78, 5) is 23.2. The van der Waals surface area contributed by atoms with Crippen molar-refractivity contribution >= 4 is 11.8 Å². The third-order valence-corrected chi connectivity index (χ3v) is 1.76. The number of ether oxygens (including phenoxy) is 2. The van der Waals surface area contributed by atoms with Crippen molar-refractivity contribution in [2.45, 2.75) is 6.36 Å². The molecule has 8 nitrogen and oxygen atoms in total. The number of carboxylic acid groups (broad SMARTS) is 1. The molecular formula is C8H5F3N2O6. The first kappa shape index (κ1) is 14.5. The lowest BCUT2D eigenvalue weighted by Crippen LogP contribution is -2.19. The van der Waals surface area contributed by atoms with Crippen LogP contribution in [0.15, 0.2) is 6.07 Å². The van der Waals surface area contributed by atoms with Gasteiger partial charge in [0.05, 0.1) is 7.11 Å². The van der Waals surface area contributed by atoms with E-state index in [0.29, 0.717) is 6.07 Å². The predicted molar refractivity (Wildman–Crippen MR) is 51.1 cm³/mol. The second-order valence-electron chi connectivity index (χ2n) is 2.97. The summed E-state index contributed by atoms with van der Waals surface area (Å²) < 4.78 is 43.7. The first-order valence-electron chi connectivity index (χ1n) is 4.38. The van der Waals surface area contributed by atoms with Crippen molar-refractivity contribution in [2.75, 3.05) is 7.11 Å². The Labute approximate surface area is 102 Å². The van der Waals surface area contributed by atoms with Gasteiger partial charge in [-0.2, -0.15) is 0 Å². The maximum Gasteiger partial charge on any atom is 0.575 e. The standard InChI is InChI=1S/C8H5F3N2O6/c1-18-5-3(7(14)15)2-4(19-8(9,10)11)12-6(5)13(16)17/h2H,1H3,(H,14,15). The molecule has 1 aromatic heterocycles. The monoisotopic (exact) mass is 282 g/mol. The van der Waals surface area contributed by atoms with Crippen LogP contribution in [-0.2, 0) is 0 Å². The molecule has 0 bridgehead atoms. The van der Waals surface area contributed by atoms with Gasteiger partial charge in [0, 0.05) is 11.1 Å². The smallest absolute Gasteiger partial charge is 0.488 e. The van der Waals surface area contributed by atoms with Crippen LogP contribution >= 0.6 is 0 Å². The molecule has 0 atom stereocenters. The number of hydrogen-bond acceptors (Lipinski definition) is 6. The number of alkyl halides is 3. The van der Waals surface area contributed by atoms with E-state index in [1.54, 1.807) is 0 Å². The lowest BCUT2D eigenvalue weighted by molar-refractivity contribution is -0.391. The highest BCUT2D eigenvalue weighted by Crippen LogP contribution is 2.33. The summed E-state index contributed by atoms with van der Waals surface area (Å²) in [7, 11) is 0.917. The zero-order chi connectivity index (χ0) is 14.8. The van der Waals surface area contributed by atoms with Crippen molar-refractivity contribution in [3.63, 3.8) is 0 Å². The van der Waals surface area contributed by atoms with E-state index >= 15 is 0 Å². The minimum absolute atomic E-state index is 0.377. The van der Waals surface area contributed by atoms with Gasteiger partial charge in [-0.15, -0.1) is 13.2 Å². The van der Waals surface area contributed by atoms with Crippen LogP contribution in [-0.4, -0.2) is 34.5 Å². The number of carbonyl (C=O) groups is 1. The summed E-state index contributed by atoms with van der Waals surface area (Å²) in [6, 6.07) is 0.377. The number of aromatic carboxylic acids is 1. The van der Waals surface area contributed by atoms with Gasteiger partial charge in [0.25, 0.3) is 0 Å². The molecule has 11 heteroatoms. The molecule has 19 heavy (non-hydrogen) atoms. The average molecular weight is 282 g/mol. The first-order valence-corrected chi connectivity index (χ1v) is 4.38. The van der Waals surface area contributed by atoms with Crippen LogP contribution in [0.4, 0.5) is 19.0 Å². The van der Waals surface area contributed by atoms with Gasteiger partial charge >= 0.3 is 24.0 Å². The maximum atomic E-state index is 12.0. The fourth-order valence-corrected chi connectivity index (χ4v) is 1.15. The molecule has 0 aliphatic carbocycles. The Balaban J connectivity index is 3.45. The molecule has 0 fully saturated rings. The van der Waals surface area contributed by atoms with E-state index in [9.17, 15) is 28.1 Å². The molecule has 0 spiro atoms. The Morgan fingerprint density at radius 1 is 1.53 bits per heavy atom. The molecule has 0 aliphatic heterocycles. The lowest BCUT2D eigenvalue weighted by atomic mass is 10.2. The molecular weight excluding hydrogens is 277 g/mol. The highest BCUT2D eigenvalue weighted by Gasteiger charge is 2.36. The van der Waals surface area contributed by atoms with Crippen molar-refractivity contribution < 1.29 is 37.5 Å². The van der Waals surface area contributed by atoms with E-state index in [1.165, 1.54) is 0 Å². The summed E-state index contributed by atoms with van der Waals surface area (Å²) in [5.41, 5.74) is -0.872. The van der Waals surface area contributed by atoms with Crippen molar-refractivity contribution in [3.8, 4) is 11.6 Å². The highest BCUT2D eigenvalue weighted by atomic mass is 19.4. The number of methoxy groups -OCH3 is 1. The summed E-state index contributed by atoms with van der Waals surface area (Å²) in [6.45, 7) is 0. The summed E-state index contributed by atoms with van der Waals surface area (Å²) in [5, 5.41) is 19.4. The van der Waals surface area contributed by atoms with Gasteiger partial charge in [-0.05, 0) is 4.92 Å². The Morgan fingerprint density at radius 2 is 2.11 bits per heavy atom. The molecule has 0 aliphatic rings. The Kier molecular flexibility index (Phi) is 3.77. The Hall–Kier alpha value is -2.59. The van der Waals surface area contributed by atoms with Gasteiger partial charge in [-0.3, -0.25) is 0 Å². The zero-order valence-electron chi connectivity index (χ0n) is 9.09. The van der Waals surface area contributed by atoms with Gasteiger partial charge in [-0.1, -0.05) is 0 Å². The molecule has 104 valence electrons. The summed E-state index contributed by atoms with van der Waals surface area (Å²) in [6.07, 6.45) is -5.16. The number of rotatable bonds is 4. The fraction of sp³-hybridized carbons (Fsp3) is 0.250. The molecule has 0 saturated heterocycles. The van der Waals surface area contributed by atoms with Crippen LogP contribution in [0.5, 0.6) is 11.6 Å². The van der Waals surface area contributed by atoms with Crippen molar-refractivity contribution in [1.82, 2.24) is 4.98 Å². The lowest BCUT2D eigenvalue weighted by Gasteiger charge is -2.08. The summed E-state index contributed by atoms with van der Waals surface area (Å²) >= 11 is 0. The molecule has 1 N–H and O–H groups in total. The van der Waals surface area contributed by atoms with E-state index in [4.69, 9.17) is 5.11 Å². The summed E-state index contributed by atoms with van der Waals surface area (Å²) in [5.74, 6) is -4.96. The number of nitrogens with zero attached hydrogens (tertiary/aromatic N) is 2. The molecule has 0 saturated carbocycles. The van der Waals surface area contributed by atoms with Gasteiger partial charge < -0.3 is 24.7 Å². The topological polar surface area (TPSA) is 112 Å². The van der Waals surface area contributed by atoms with E-state index in [1.807, 2.05) is 0 Å². The molecule has 1 rings (SSSR count). The van der Waals surface area contributed by atoms with Crippen LogP contribution < -0.4 is 9.47 Å². The molecule has 1 aromatic rings. The third kappa shape index (κ3) is 3.43. The number of nitro groups is 1. The van der Waals surface area contributed by atoms with Crippen LogP contribution in [0, 0.1) is 10.1 Å². The number of halogens is 3. The molecule has 0 radical (unpaired) electrons. The van der Waals surface area contributed by atoms with Gasteiger partial charge in [0.2, 0.25) is 5.75 Å². The number of pyridine rings is 1. The van der Waals surface area contributed by atoms with Gasteiger partial charge in [0.15, 0.2) is 0 Å². The molecule has 0 amide bonds. The van der Waals surface area contributed by atoms with Crippen LogP contribution in [0.2, 0.25) is 0 Å². The Morgan fingerprint density at radius 3 is 2.47 bits per heavy atom. The minimum Gasteiger partial charge on any atom is -0.488 e. The van der Waals surface area contributed by atoms with E-state index in [0.717, 1.165) is 7.11 Å². The van der Waals surface area contributed by atoms with Crippen molar-refractivity contribution in [1.29, 1.82) is 0 Å². The van der Waals surface area contributed by atoms with Gasteiger partial charge in [-0.25, -0.2) is 4.79 Å². The minimum atomic E-state index is -5.16. The zero-order valence-corrected chi connectivity index (χ0v) is 9.09. The SMILES string of the molecule is COc1c(C(=O)O)cc(OC(F)(F)F)nc1[N+](=O)[O-]. The normalized spacial score (nSPS) is 10.9. The highest BCUT2D eigenvalue weighted by molar-refractivity contribution is 5.92. The number of aromatic nitrogens is 1. The number of carboxylic acids is 1. The van der Waals surface area contributed by atoms with E-state index in [-0.39, 0.29) is 0 Å². The Bertz CT molecular complexity index is 495. The van der Waals surface area contributed by atoms with Crippen LogP contribution in [0.3, 0.4) is 0 Å². The largest absolute Gasteiger partial charge is 0.575 e. The maximum absolute atomic E-state index is 12.0. The predicted octanol–water partition coefficient (Wildman–Crippen LogP) is 1.60. The van der Waals surface area contributed by atoms with Crippen LogP contribution in [0.25, 0.3) is 0 Å². The molecule has 0 aromatic carbocycles. The quantitative estimate of drug-likeness (QED) is 0.659. The molecule has 0 unspecified atom stereocenters. The van der Waals surface area contributed by atoms with Crippen molar-refractivity contribution in [2.24, 2.45) is 0 Å². The second kappa shape index (κ2) is 4.96. The average Bonchev–Trinajstić information content (AvgIpc) is 2.25. The van der Waals surface area contributed by atoms with Crippen molar-refractivity contribution in [3.05, 3.63) is 21.7 Å².